The molecular formula is C23H27N2O4+. The van der Waals surface area contributed by atoms with Crippen LogP contribution < -0.4 is 15.3 Å². The molecule has 1 N–H and O–H groups in total. The van der Waals surface area contributed by atoms with E-state index in [0.29, 0.717) is 17.0 Å². The zero-order valence-corrected chi connectivity index (χ0v) is 17.1. The molecule has 0 unspecified atom stereocenters. The molecule has 0 spiro atoms. The molecule has 0 aliphatic carbocycles. The average Bonchev–Trinajstić information content (AvgIpc) is 2.69. The number of fused-ring (bicyclic) bond motifs is 1. The van der Waals surface area contributed by atoms with Gasteiger partial charge < -0.3 is 23.6 Å². The topological polar surface area (TPSA) is 62.9 Å². The third-order valence-corrected chi connectivity index (χ3v) is 5.94. The summed E-state index contributed by atoms with van der Waals surface area (Å²) in [5.41, 5.74) is 2.71. The summed E-state index contributed by atoms with van der Waals surface area (Å²) in [4.78, 5) is 14.9. The molecule has 0 amide bonds. The summed E-state index contributed by atoms with van der Waals surface area (Å²) < 4.78 is 11.9. The summed E-state index contributed by atoms with van der Waals surface area (Å²) in [7, 11) is 3.82. The molecular weight excluding hydrogens is 368 g/mol. The maximum Gasteiger partial charge on any atom is 0.360 e. The number of hydrogen-bond acceptors (Lipinski definition) is 5. The van der Waals surface area contributed by atoms with Crippen molar-refractivity contribution >= 4 is 16.7 Å². The lowest BCUT2D eigenvalue weighted by Crippen LogP contribution is -2.57. The van der Waals surface area contributed by atoms with Gasteiger partial charge in [-0.1, -0.05) is 30.3 Å². The number of likely N-dealkylation sites (N-methyl/N-ethyl adjacent to an activating group) is 1. The van der Waals surface area contributed by atoms with Crippen LogP contribution >= 0.6 is 0 Å². The standard InChI is InChI=1S/C23H26N2O4/c1-16-21-19(28-3)13-18(26)14-20(21)29-23(27)22(16)24-9-11-25(2,12-10-24)15-17-7-5-4-6-8-17/h4-8,13-14H,9-12,15H2,1-3H3/p+1. The fourth-order valence-electron chi connectivity index (χ4n) is 4.33. The number of piperazine rings is 1. The molecule has 6 heteroatoms. The molecule has 0 saturated carbocycles. The van der Waals surface area contributed by atoms with E-state index in [0.717, 1.165) is 48.2 Å². The van der Waals surface area contributed by atoms with Crippen molar-refractivity contribution in [3.63, 3.8) is 0 Å². The van der Waals surface area contributed by atoms with Gasteiger partial charge in [-0.3, -0.25) is 0 Å². The maximum absolute atomic E-state index is 12.8. The first-order valence-corrected chi connectivity index (χ1v) is 9.87. The van der Waals surface area contributed by atoms with Crippen molar-refractivity contribution in [3.8, 4) is 11.5 Å². The Labute approximate surface area is 170 Å². The molecule has 6 nitrogen and oxygen atoms in total. The third-order valence-electron chi connectivity index (χ3n) is 5.94. The Morgan fingerprint density at radius 3 is 2.52 bits per heavy atom. The predicted octanol–water partition coefficient (Wildman–Crippen LogP) is 3.28. The van der Waals surface area contributed by atoms with E-state index in [4.69, 9.17) is 9.15 Å². The Balaban J connectivity index is 1.63. The SMILES string of the molecule is COc1cc(O)cc2oc(=O)c(N3CC[N+](C)(Cc4ccccc4)CC3)c(C)c12. The van der Waals surface area contributed by atoms with Crippen LogP contribution in [0.2, 0.25) is 0 Å². The van der Waals surface area contributed by atoms with E-state index in [1.165, 1.54) is 11.6 Å². The Bertz CT molecular complexity index is 1080. The van der Waals surface area contributed by atoms with Gasteiger partial charge in [0.2, 0.25) is 0 Å². The molecule has 0 bridgehead atoms. The maximum atomic E-state index is 12.8. The number of methoxy groups -OCH3 is 1. The summed E-state index contributed by atoms with van der Waals surface area (Å²) in [6.45, 7) is 6.34. The number of rotatable bonds is 4. The first kappa shape index (κ1) is 19.3. The van der Waals surface area contributed by atoms with Gasteiger partial charge in [-0.15, -0.1) is 0 Å². The van der Waals surface area contributed by atoms with Crippen LogP contribution in [0.5, 0.6) is 11.5 Å². The number of anilines is 1. The van der Waals surface area contributed by atoms with Gasteiger partial charge in [0.05, 0.1) is 45.7 Å². The predicted molar refractivity (Wildman–Crippen MR) is 114 cm³/mol. The largest absolute Gasteiger partial charge is 0.508 e. The normalized spacial score (nSPS) is 16.2. The van der Waals surface area contributed by atoms with Crippen LogP contribution in [0.1, 0.15) is 11.1 Å². The highest BCUT2D eigenvalue weighted by Crippen LogP contribution is 2.35. The quantitative estimate of drug-likeness (QED) is 0.543. The van der Waals surface area contributed by atoms with Gasteiger partial charge in [0.15, 0.2) is 0 Å². The van der Waals surface area contributed by atoms with Crippen molar-refractivity contribution in [2.24, 2.45) is 0 Å². The van der Waals surface area contributed by atoms with Crippen LogP contribution in [-0.4, -0.2) is 49.9 Å². The van der Waals surface area contributed by atoms with Gasteiger partial charge in [-0.25, -0.2) is 4.79 Å². The van der Waals surface area contributed by atoms with E-state index in [1.807, 2.05) is 13.0 Å². The zero-order valence-electron chi connectivity index (χ0n) is 17.1. The van der Waals surface area contributed by atoms with Crippen molar-refractivity contribution in [2.75, 3.05) is 45.2 Å². The van der Waals surface area contributed by atoms with Crippen molar-refractivity contribution in [2.45, 2.75) is 13.5 Å². The second kappa shape index (κ2) is 7.44. The van der Waals surface area contributed by atoms with E-state index in [-0.39, 0.29) is 11.4 Å². The number of hydrogen-bond donors (Lipinski definition) is 1. The number of ether oxygens (including phenoxy) is 1. The van der Waals surface area contributed by atoms with Gasteiger partial charge >= 0.3 is 5.63 Å². The molecule has 1 saturated heterocycles. The van der Waals surface area contributed by atoms with Gasteiger partial charge in [-0.2, -0.15) is 0 Å². The summed E-state index contributed by atoms with van der Waals surface area (Å²) in [5, 5.41) is 10.6. The van der Waals surface area contributed by atoms with Gasteiger partial charge in [0, 0.05) is 17.7 Å². The fraction of sp³-hybridized carbons (Fsp3) is 0.348. The number of nitrogens with zero attached hydrogens (tertiary/aromatic N) is 2. The summed E-state index contributed by atoms with van der Waals surface area (Å²) >= 11 is 0. The lowest BCUT2D eigenvalue weighted by atomic mass is 10.1. The molecule has 0 atom stereocenters. The van der Waals surface area contributed by atoms with E-state index < -0.39 is 0 Å². The summed E-state index contributed by atoms with van der Waals surface area (Å²) in [6.07, 6.45) is 0. The Morgan fingerprint density at radius 1 is 1.17 bits per heavy atom. The van der Waals surface area contributed by atoms with Crippen LogP contribution in [0.4, 0.5) is 5.69 Å². The van der Waals surface area contributed by atoms with Gasteiger partial charge in [-0.05, 0) is 12.5 Å². The second-order valence-corrected chi connectivity index (χ2v) is 8.08. The van der Waals surface area contributed by atoms with Gasteiger partial charge in [0.25, 0.3) is 0 Å². The van der Waals surface area contributed by atoms with Crippen molar-refractivity contribution in [1.82, 2.24) is 0 Å². The number of phenolic OH excluding ortho intramolecular Hbond substituents is 1. The minimum atomic E-state index is -0.373. The van der Waals surface area contributed by atoms with Gasteiger partial charge in [0.1, 0.15) is 29.3 Å². The molecule has 1 aromatic heterocycles. The first-order valence-electron chi connectivity index (χ1n) is 9.87. The molecule has 29 heavy (non-hydrogen) atoms. The van der Waals surface area contributed by atoms with Crippen LogP contribution in [0.15, 0.2) is 51.7 Å². The number of quaternary nitrogens is 1. The van der Waals surface area contributed by atoms with Crippen LogP contribution in [0.3, 0.4) is 0 Å². The summed E-state index contributed by atoms with van der Waals surface area (Å²) in [6, 6.07) is 13.5. The van der Waals surface area contributed by atoms with Crippen molar-refractivity contribution < 1.29 is 18.7 Å². The minimum absolute atomic E-state index is 0.0107. The molecule has 1 aliphatic rings. The molecule has 1 aliphatic heterocycles. The third kappa shape index (κ3) is 3.68. The zero-order chi connectivity index (χ0) is 20.6. The monoisotopic (exact) mass is 395 g/mol. The Morgan fingerprint density at radius 2 is 1.86 bits per heavy atom. The highest BCUT2D eigenvalue weighted by molar-refractivity contribution is 5.91. The van der Waals surface area contributed by atoms with Crippen LogP contribution in [0, 0.1) is 6.92 Å². The number of benzene rings is 2. The molecule has 2 aromatic carbocycles. The molecule has 152 valence electrons. The smallest absolute Gasteiger partial charge is 0.360 e. The minimum Gasteiger partial charge on any atom is -0.508 e. The fourth-order valence-corrected chi connectivity index (χ4v) is 4.33. The highest BCUT2D eigenvalue weighted by atomic mass is 16.5. The number of aromatic hydroxyl groups is 1. The number of aryl methyl sites for hydroxylation is 1. The van der Waals surface area contributed by atoms with Crippen LogP contribution in [0.25, 0.3) is 11.0 Å². The Kier molecular flexibility index (Phi) is 4.96. The van der Waals surface area contributed by atoms with E-state index in [2.05, 4.69) is 36.2 Å². The van der Waals surface area contributed by atoms with Crippen LogP contribution in [-0.2, 0) is 6.54 Å². The highest BCUT2D eigenvalue weighted by Gasteiger charge is 2.31. The molecule has 1 fully saturated rings. The van der Waals surface area contributed by atoms with E-state index >= 15 is 0 Å². The lowest BCUT2D eigenvalue weighted by molar-refractivity contribution is -0.923. The Hall–Kier alpha value is -2.99. The summed E-state index contributed by atoms with van der Waals surface area (Å²) in [5.74, 6) is 0.515. The van der Waals surface area contributed by atoms with E-state index in [9.17, 15) is 9.90 Å². The van der Waals surface area contributed by atoms with Crippen molar-refractivity contribution in [1.29, 1.82) is 0 Å². The second-order valence-electron chi connectivity index (χ2n) is 8.08. The molecule has 0 radical (unpaired) electrons. The molecule has 4 rings (SSSR count). The first-order chi connectivity index (χ1) is 13.9. The molecule has 3 aromatic rings. The average molecular weight is 395 g/mol. The molecule has 2 heterocycles. The van der Waals surface area contributed by atoms with E-state index in [1.54, 1.807) is 13.2 Å². The lowest BCUT2D eigenvalue weighted by Gasteiger charge is -2.42. The van der Waals surface area contributed by atoms with Crippen molar-refractivity contribution in [3.05, 3.63) is 64.0 Å². The number of phenols is 1.